The second-order valence-electron chi connectivity index (χ2n) is 3.96. The van der Waals surface area contributed by atoms with Crippen molar-refractivity contribution in [1.82, 2.24) is 10.2 Å². The molecule has 0 aliphatic carbocycles. The Hall–Kier alpha value is -0.830. The van der Waals surface area contributed by atoms with Crippen molar-refractivity contribution in [3.63, 3.8) is 0 Å². The molecule has 0 atom stereocenters. The second-order valence-corrected chi connectivity index (χ2v) is 4.88. The summed E-state index contributed by atoms with van der Waals surface area (Å²) in [6.45, 7) is 4.43. The molecule has 2 nitrogen and oxygen atoms in total. The van der Waals surface area contributed by atoms with Gasteiger partial charge in [-0.05, 0) is 30.5 Å². The van der Waals surface area contributed by atoms with Gasteiger partial charge in [-0.2, -0.15) is 5.10 Å². The normalized spacial score (nSPS) is 11.4. The number of H-pyrrole nitrogens is 1. The van der Waals surface area contributed by atoms with Crippen LogP contribution in [0.5, 0.6) is 0 Å². The van der Waals surface area contributed by atoms with E-state index in [4.69, 9.17) is 0 Å². The van der Waals surface area contributed by atoms with Gasteiger partial charge in [0.05, 0.1) is 5.52 Å². The standard InChI is InChI=1S/C11H13BrN2/c1-7(2)5-10-9-4-3-8(12)6-11(9)14-13-10/h3-4,6-7H,5H2,1-2H3,(H,13,14). The van der Waals surface area contributed by atoms with Crippen molar-refractivity contribution in [3.8, 4) is 0 Å². The van der Waals surface area contributed by atoms with Gasteiger partial charge in [0, 0.05) is 15.6 Å². The largest absolute Gasteiger partial charge is 0.281 e. The van der Waals surface area contributed by atoms with E-state index in [-0.39, 0.29) is 0 Å². The number of nitrogens with one attached hydrogen (secondary N) is 1. The summed E-state index contributed by atoms with van der Waals surface area (Å²) in [4.78, 5) is 0. The van der Waals surface area contributed by atoms with Crippen LogP contribution in [0, 0.1) is 5.92 Å². The van der Waals surface area contributed by atoms with E-state index in [0.29, 0.717) is 5.92 Å². The van der Waals surface area contributed by atoms with Gasteiger partial charge in [0.2, 0.25) is 0 Å². The first-order chi connectivity index (χ1) is 6.66. The molecule has 1 heterocycles. The van der Waals surface area contributed by atoms with Crippen LogP contribution in [0.15, 0.2) is 22.7 Å². The Bertz CT molecular complexity index is 445. The smallest absolute Gasteiger partial charge is 0.0934 e. The first-order valence-corrected chi connectivity index (χ1v) is 5.58. The van der Waals surface area contributed by atoms with Crippen molar-refractivity contribution in [3.05, 3.63) is 28.4 Å². The molecular weight excluding hydrogens is 240 g/mol. The lowest BCUT2D eigenvalue weighted by molar-refractivity contribution is 0.636. The van der Waals surface area contributed by atoms with Crippen molar-refractivity contribution in [2.75, 3.05) is 0 Å². The summed E-state index contributed by atoms with van der Waals surface area (Å²) in [6.07, 6.45) is 1.05. The van der Waals surface area contributed by atoms with Gasteiger partial charge in [0.15, 0.2) is 0 Å². The number of nitrogens with zero attached hydrogens (tertiary/aromatic N) is 1. The van der Waals surface area contributed by atoms with E-state index in [0.717, 1.165) is 16.4 Å². The van der Waals surface area contributed by atoms with E-state index >= 15 is 0 Å². The molecule has 3 heteroatoms. The average molecular weight is 253 g/mol. The maximum Gasteiger partial charge on any atom is 0.0934 e. The van der Waals surface area contributed by atoms with Crippen LogP contribution < -0.4 is 0 Å². The van der Waals surface area contributed by atoms with Gasteiger partial charge in [-0.15, -0.1) is 0 Å². The first-order valence-electron chi connectivity index (χ1n) is 4.79. The predicted molar refractivity (Wildman–Crippen MR) is 62.3 cm³/mol. The maximum absolute atomic E-state index is 4.28. The zero-order chi connectivity index (χ0) is 10.1. The Morgan fingerprint density at radius 2 is 2.21 bits per heavy atom. The molecular formula is C11H13BrN2. The number of fused-ring (bicyclic) bond motifs is 1. The maximum atomic E-state index is 4.28. The van der Waals surface area contributed by atoms with Crippen LogP contribution in [-0.2, 0) is 6.42 Å². The van der Waals surface area contributed by atoms with Gasteiger partial charge in [-0.1, -0.05) is 29.8 Å². The quantitative estimate of drug-likeness (QED) is 0.871. The molecule has 14 heavy (non-hydrogen) atoms. The zero-order valence-corrected chi connectivity index (χ0v) is 9.93. The predicted octanol–water partition coefficient (Wildman–Crippen LogP) is 3.52. The number of rotatable bonds is 2. The van der Waals surface area contributed by atoms with Crippen LogP contribution in [0.2, 0.25) is 0 Å². The van der Waals surface area contributed by atoms with Crippen LogP contribution in [0.1, 0.15) is 19.5 Å². The lowest BCUT2D eigenvalue weighted by Gasteiger charge is -2.01. The lowest BCUT2D eigenvalue weighted by Crippen LogP contribution is -1.94. The summed E-state index contributed by atoms with van der Waals surface area (Å²) in [6, 6.07) is 6.21. The molecule has 0 unspecified atom stereocenters. The number of halogens is 1. The third-order valence-electron chi connectivity index (χ3n) is 2.21. The highest BCUT2D eigenvalue weighted by Gasteiger charge is 2.06. The number of hydrogen-bond donors (Lipinski definition) is 1. The van der Waals surface area contributed by atoms with Gasteiger partial charge < -0.3 is 0 Å². The van der Waals surface area contributed by atoms with Crippen molar-refractivity contribution in [2.45, 2.75) is 20.3 Å². The fourth-order valence-electron chi connectivity index (χ4n) is 1.60. The van der Waals surface area contributed by atoms with E-state index in [9.17, 15) is 0 Å². The summed E-state index contributed by atoms with van der Waals surface area (Å²) in [5.41, 5.74) is 2.28. The molecule has 0 saturated carbocycles. The summed E-state index contributed by atoms with van der Waals surface area (Å²) >= 11 is 3.44. The van der Waals surface area contributed by atoms with E-state index in [1.54, 1.807) is 0 Å². The molecule has 0 aliphatic heterocycles. The Morgan fingerprint density at radius 1 is 1.43 bits per heavy atom. The highest BCUT2D eigenvalue weighted by Crippen LogP contribution is 2.22. The number of benzene rings is 1. The minimum atomic E-state index is 0.655. The molecule has 0 radical (unpaired) electrons. The molecule has 0 amide bonds. The number of aromatic nitrogens is 2. The fourth-order valence-corrected chi connectivity index (χ4v) is 1.95. The van der Waals surface area contributed by atoms with Crippen LogP contribution >= 0.6 is 15.9 Å². The SMILES string of the molecule is CC(C)Cc1[nH]nc2cc(Br)ccc12. The molecule has 0 bridgehead atoms. The van der Waals surface area contributed by atoms with Crippen molar-refractivity contribution >= 4 is 26.8 Å². The Labute approximate surface area is 91.8 Å². The van der Waals surface area contributed by atoms with Crippen molar-refractivity contribution in [1.29, 1.82) is 0 Å². The highest BCUT2D eigenvalue weighted by atomic mass is 79.9. The van der Waals surface area contributed by atoms with E-state index in [1.165, 1.54) is 11.1 Å². The third kappa shape index (κ3) is 1.82. The number of aromatic amines is 1. The molecule has 1 N–H and O–H groups in total. The first kappa shape index (κ1) is 9.71. The second kappa shape index (κ2) is 3.73. The molecule has 2 rings (SSSR count). The summed E-state index contributed by atoms with van der Waals surface area (Å²) < 4.78 is 1.08. The molecule has 1 aromatic carbocycles. The average Bonchev–Trinajstić information content (AvgIpc) is 2.47. The molecule has 74 valence electrons. The fraction of sp³-hybridized carbons (Fsp3) is 0.364. The van der Waals surface area contributed by atoms with Gasteiger partial charge in [0.1, 0.15) is 0 Å². The zero-order valence-electron chi connectivity index (χ0n) is 8.34. The molecule has 0 fully saturated rings. The van der Waals surface area contributed by atoms with Crippen LogP contribution in [0.3, 0.4) is 0 Å². The van der Waals surface area contributed by atoms with Gasteiger partial charge in [-0.3, -0.25) is 5.10 Å². The molecule has 0 saturated heterocycles. The minimum absolute atomic E-state index is 0.655. The molecule has 2 aromatic rings. The highest BCUT2D eigenvalue weighted by molar-refractivity contribution is 9.10. The Balaban J connectivity index is 2.47. The minimum Gasteiger partial charge on any atom is -0.281 e. The Kier molecular flexibility index (Phi) is 2.59. The molecule has 0 aliphatic rings. The summed E-state index contributed by atoms with van der Waals surface area (Å²) in [7, 11) is 0. The number of hydrogen-bond acceptors (Lipinski definition) is 1. The monoisotopic (exact) mass is 252 g/mol. The van der Waals surface area contributed by atoms with Gasteiger partial charge >= 0.3 is 0 Å². The van der Waals surface area contributed by atoms with Crippen LogP contribution in [0.4, 0.5) is 0 Å². The van der Waals surface area contributed by atoms with E-state index in [1.807, 2.05) is 6.07 Å². The van der Waals surface area contributed by atoms with E-state index < -0.39 is 0 Å². The van der Waals surface area contributed by atoms with Crippen LogP contribution in [-0.4, -0.2) is 10.2 Å². The summed E-state index contributed by atoms with van der Waals surface area (Å²) in [5.74, 6) is 0.655. The third-order valence-corrected chi connectivity index (χ3v) is 2.70. The lowest BCUT2D eigenvalue weighted by atomic mass is 10.1. The van der Waals surface area contributed by atoms with Crippen molar-refractivity contribution in [2.24, 2.45) is 5.92 Å². The topological polar surface area (TPSA) is 28.7 Å². The summed E-state index contributed by atoms with van der Waals surface area (Å²) in [5, 5.41) is 8.62. The van der Waals surface area contributed by atoms with E-state index in [2.05, 4.69) is 52.1 Å². The van der Waals surface area contributed by atoms with Gasteiger partial charge in [0.25, 0.3) is 0 Å². The molecule has 1 aromatic heterocycles. The Morgan fingerprint density at radius 3 is 2.93 bits per heavy atom. The van der Waals surface area contributed by atoms with Crippen LogP contribution in [0.25, 0.3) is 10.9 Å². The van der Waals surface area contributed by atoms with Gasteiger partial charge in [-0.25, -0.2) is 0 Å². The molecule has 0 spiro atoms. The van der Waals surface area contributed by atoms with Crippen molar-refractivity contribution < 1.29 is 0 Å².